The fourth-order valence-corrected chi connectivity index (χ4v) is 1.45. The Morgan fingerprint density at radius 3 is 1.29 bits per heavy atom. The molecule has 0 aliphatic carbocycles. The Bertz CT molecular complexity index is 352. The second-order valence-electron chi connectivity index (χ2n) is 3.20. The minimum atomic E-state index is -0.766. The molecule has 0 N–H and O–H groups in total. The molecule has 0 atom stereocenters. The number of rotatable bonds is 2. The molecule has 86 valence electrons. The molecule has 2 aromatic carbocycles. The van der Waals surface area contributed by atoms with Gasteiger partial charge in [-0.1, -0.05) is 77.9 Å². The van der Waals surface area contributed by atoms with Gasteiger partial charge in [-0.15, -0.1) is 0 Å². The van der Waals surface area contributed by atoms with E-state index in [9.17, 15) is 5.11 Å². The van der Waals surface area contributed by atoms with Gasteiger partial charge in [0, 0.05) is 0 Å². The molecule has 0 unspecified atom stereocenters. The predicted molar refractivity (Wildman–Crippen MR) is 66.9 cm³/mol. The van der Waals surface area contributed by atoms with E-state index in [4.69, 9.17) is 0 Å². The van der Waals surface area contributed by atoms with Crippen LogP contribution in [0.5, 0.6) is 0 Å². The van der Waals surface area contributed by atoms with Crippen LogP contribution in [0.4, 0.5) is 0 Å². The van der Waals surface area contributed by atoms with E-state index in [0.717, 1.165) is 11.1 Å². The molecule has 2 aromatic rings. The van der Waals surface area contributed by atoms with Gasteiger partial charge in [-0.05, 0) is 0 Å². The molecule has 0 saturated carbocycles. The Labute approximate surface area is 130 Å². The van der Waals surface area contributed by atoms with Crippen LogP contribution in [0.15, 0.2) is 60.7 Å². The van der Waals surface area contributed by atoms with Gasteiger partial charge in [0.2, 0.25) is 0 Å². The minimum Gasteiger partial charge on any atom is -1.00 e. The quantitative estimate of drug-likeness (QED) is 0.527. The van der Waals surface area contributed by atoms with Crippen LogP contribution >= 0.6 is 0 Å². The first-order valence-corrected chi connectivity index (χ1v) is 4.63. The van der Waals surface area contributed by atoms with Crippen molar-refractivity contribution in [3.8, 4) is 0 Å². The largest absolute Gasteiger partial charge is 2.00 e. The van der Waals surface area contributed by atoms with Gasteiger partial charge >= 0.3 is 23.1 Å². The topological polar surface area (TPSA) is 23.1 Å². The van der Waals surface area contributed by atoms with Gasteiger partial charge < -0.3 is 29.5 Å². The first-order valence-electron chi connectivity index (χ1n) is 4.63. The number of benzene rings is 2. The molecule has 0 heterocycles. The van der Waals surface area contributed by atoms with Gasteiger partial charge in [0.05, 0.1) is 0 Å². The van der Waals surface area contributed by atoms with Crippen LogP contribution in [0.3, 0.4) is 0 Å². The predicted octanol–water partition coefficient (Wildman–Crippen LogP) is -0.790. The molecule has 1 nitrogen and oxygen atoms in total. The van der Waals surface area contributed by atoms with Gasteiger partial charge in [-0.3, -0.25) is 0 Å². The molecule has 0 aliphatic rings. The van der Waals surface area contributed by atoms with Gasteiger partial charge in [0.25, 0.3) is 0 Å². The molecule has 0 aliphatic heterocycles. The third-order valence-corrected chi connectivity index (χ3v) is 2.20. The van der Waals surface area contributed by atoms with E-state index in [0.29, 0.717) is 0 Å². The third kappa shape index (κ3) is 5.21. The van der Waals surface area contributed by atoms with E-state index in [1.54, 1.807) is 0 Å². The molecule has 0 radical (unpaired) electrons. The van der Waals surface area contributed by atoms with E-state index >= 15 is 0 Å². The van der Waals surface area contributed by atoms with E-state index in [1.165, 1.54) is 0 Å². The summed E-state index contributed by atoms with van der Waals surface area (Å²) in [5.74, 6) is 0. The molecule has 0 spiro atoms. The Morgan fingerprint density at radius 1 is 0.706 bits per heavy atom. The molecular weight excluding hydrogens is 288 g/mol. The van der Waals surface area contributed by atoms with E-state index < -0.39 is 6.10 Å². The summed E-state index contributed by atoms with van der Waals surface area (Å²) in [5, 5.41) is 11.9. The molecule has 0 saturated heterocycles. The molecule has 17 heavy (non-hydrogen) atoms. The zero-order chi connectivity index (χ0) is 9.80. The van der Waals surface area contributed by atoms with Crippen LogP contribution in [0.2, 0.25) is 0 Å². The van der Waals surface area contributed by atoms with Crippen LogP contribution in [0.25, 0.3) is 0 Å². The molecule has 3 heteroatoms. The van der Waals surface area contributed by atoms with Gasteiger partial charge in [-0.25, -0.2) is 0 Å². The maximum Gasteiger partial charge on any atom is 2.00 e. The van der Waals surface area contributed by atoms with E-state index in [2.05, 4.69) is 0 Å². The number of hydrogen-bond acceptors (Lipinski definition) is 1. The van der Waals surface area contributed by atoms with Crippen LogP contribution in [0.1, 0.15) is 17.2 Å². The molecule has 0 aromatic heterocycles. The van der Waals surface area contributed by atoms with Crippen LogP contribution in [0, 0.1) is 7.43 Å². The molecule has 2 rings (SSSR count). The van der Waals surface area contributed by atoms with Crippen molar-refractivity contribution in [2.24, 2.45) is 0 Å². The number of halogens is 1. The van der Waals surface area contributed by atoms with Crippen LogP contribution in [-0.2, 0) is 0 Å². The molecule has 0 fully saturated rings. The Balaban J connectivity index is 0. The van der Waals surface area contributed by atoms with Gasteiger partial charge in [0.15, 0.2) is 0 Å². The zero-order valence-electron chi connectivity index (χ0n) is 9.84. The standard InChI is InChI=1S/C13H11O.CH3.BrH.Mg/c14-13(11-7-3-1-4-8-11)12-9-5-2-6-10-12;;;/h1-10,13H;1H3;1H;/q2*-1;;+2/p-1. The summed E-state index contributed by atoms with van der Waals surface area (Å²) in [7, 11) is 0. The maximum absolute atomic E-state index is 11.9. The normalized spacial score (nSPS) is 8.59. The Kier molecular flexibility index (Phi) is 10.8. The smallest absolute Gasteiger partial charge is 1.00 e. The summed E-state index contributed by atoms with van der Waals surface area (Å²) in [6.45, 7) is 0. The Morgan fingerprint density at radius 2 is 1.00 bits per heavy atom. The van der Waals surface area contributed by atoms with Crippen LogP contribution in [-0.4, -0.2) is 23.1 Å². The maximum atomic E-state index is 11.9. The second kappa shape index (κ2) is 9.65. The van der Waals surface area contributed by atoms with Crippen molar-refractivity contribution in [3.63, 3.8) is 0 Å². The van der Waals surface area contributed by atoms with Crippen molar-refractivity contribution in [2.45, 2.75) is 6.10 Å². The zero-order valence-corrected chi connectivity index (χ0v) is 12.8. The summed E-state index contributed by atoms with van der Waals surface area (Å²) >= 11 is 0. The van der Waals surface area contributed by atoms with Crippen molar-refractivity contribution in [3.05, 3.63) is 79.2 Å². The summed E-state index contributed by atoms with van der Waals surface area (Å²) in [6.07, 6.45) is -0.766. The fourth-order valence-electron chi connectivity index (χ4n) is 1.45. The SMILES string of the molecule is [Br-].[CH3-].[Mg+2].[O-]C(c1ccccc1)c1ccccc1. The van der Waals surface area contributed by atoms with E-state index in [1.807, 2.05) is 60.7 Å². The average molecular weight is 302 g/mol. The van der Waals surface area contributed by atoms with Crippen molar-refractivity contribution < 1.29 is 22.1 Å². The second-order valence-corrected chi connectivity index (χ2v) is 3.20. The summed E-state index contributed by atoms with van der Waals surface area (Å²) in [6, 6.07) is 18.9. The van der Waals surface area contributed by atoms with E-state index in [-0.39, 0.29) is 47.5 Å². The summed E-state index contributed by atoms with van der Waals surface area (Å²) in [4.78, 5) is 0. The van der Waals surface area contributed by atoms with Gasteiger partial charge in [-0.2, -0.15) is 0 Å². The van der Waals surface area contributed by atoms with Crippen molar-refractivity contribution in [1.29, 1.82) is 0 Å². The van der Waals surface area contributed by atoms with Crippen LogP contribution < -0.4 is 22.1 Å². The molecular formula is C14H14BrMgO-. The average Bonchev–Trinajstić information content (AvgIpc) is 2.30. The molecule has 0 bridgehead atoms. The first-order chi connectivity index (χ1) is 6.88. The number of hydrogen-bond donors (Lipinski definition) is 0. The van der Waals surface area contributed by atoms with Gasteiger partial charge in [0.1, 0.15) is 0 Å². The minimum absolute atomic E-state index is 0. The molecule has 0 amide bonds. The fraction of sp³-hybridized carbons (Fsp3) is 0.0714. The van der Waals surface area contributed by atoms with Crippen molar-refractivity contribution in [1.82, 2.24) is 0 Å². The first kappa shape index (κ1) is 19.0. The third-order valence-electron chi connectivity index (χ3n) is 2.20. The monoisotopic (exact) mass is 301 g/mol. The summed E-state index contributed by atoms with van der Waals surface area (Å²) < 4.78 is 0. The van der Waals surface area contributed by atoms with Crippen molar-refractivity contribution in [2.75, 3.05) is 0 Å². The Hall–Kier alpha value is -0.354. The summed E-state index contributed by atoms with van der Waals surface area (Å²) in [5.41, 5.74) is 1.64. The van der Waals surface area contributed by atoms with Crippen molar-refractivity contribution >= 4 is 23.1 Å².